The molecule has 0 bridgehead atoms. The third-order valence-electron chi connectivity index (χ3n) is 2.52. The normalized spacial score (nSPS) is 13.8. The first-order valence-electron chi connectivity index (χ1n) is 5.70. The van der Waals surface area contributed by atoms with Crippen LogP contribution in [0.3, 0.4) is 0 Å². The average Bonchev–Trinajstić information content (AvgIpc) is 3.14. The van der Waals surface area contributed by atoms with E-state index in [-0.39, 0.29) is 5.91 Å². The summed E-state index contributed by atoms with van der Waals surface area (Å²) in [5.74, 6) is 0.726. The van der Waals surface area contributed by atoms with Gasteiger partial charge < -0.3 is 10.1 Å². The quantitative estimate of drug-likeness (QED) is 0.835. The van der Waals surface area contributed by atoms with Crippen molar-refractivity contribution in [3.05, 3.63) is 29.8 Å². The van der Waals surface area contributed by atoms with Crippen molar-refractivity contribution in [3.8, 4) is 11.8 Å². The van der Waals surface area contributed by atoms with E-state index < -0.39 is 0 Å². The maximum atomic E-state index is 11.3. The Balaban J connectivity index is 1.69. The third-order valence-corrected chi connectivity index (χ3v) is 2.52. The molecule has 0 atom stereocenters. The molecule has 0 aliphatic heterocycles. The second-order valence-electron chi connectivity index (χ2n) is 4.08. The first-order valence-corrected chi connectivity index (χ1v) is 5.70. The monoisotopic (exact) mass is 230 g/mol. The molecule has 0 aromatic heterocycles. The van der Waals surface area contributed by atoms with Gasteiger partial charge in [-0.25, -0.2) is 0 Å². The van der Waals surface area contributed by atoms with Gasteiger partial charge >= 0.3 is 0 Å². The Hall–Kier alpha value is -2.02. The van der Waals surface area contributed by atoms with E-state index in [4.69, 9.17) is 10.00 Å². The number of ether oxygens (including phenoxy) is 1. The van der Waals surface area contributed by atoms with Crippen molar-refractivity contribution in [1.82, 2.24) is 5.32 Å². The maximum absolute atomic E-state index is 11.3. The lowest BCUT2D eigenvalue weighted by Crippen LogP contribution is -2.26. The van der Waals surface area contributed by atoms with Crippen molar-refractivity contribution >= 4 is 5.91 Å². The number of rotatable bonds is 5. The zero-order chi connectivity index (χ0) is 12.1. The van der Waals surface area contributed by atoms with Crippen molar-refractivity contribution in [2.45, 2.75) is 25.3 Å². The number of benzene rings is 1. The molecule has 0 radical (unpaired) electrons. The van der Waals surface area contributed by atoms with Gasteiger partial charge in [-0.15, -0.1) is 0 Å². The van der Waals surface area contributed by atoms with Crippen LogP contribution in [0.1, 0.15) is 24.8 Å². The summed E-state index contributed by atoms with van der Waals surface area (Å²) in [4.78, 5) is 11.3. The van der Waals surface area contributed by atoms with Crippen LogP contribution in [0.15, 0.2) is 24.3 Å². The lowest BCUT2D eigenvalue weighted by molar-refractivity contribution is -0.121. The third kappa shape index (κ3) is 3.80. The highest BCUT2D eigenvalue weighted by Crippen LogP contribution is 2.18. The van der Waals surface area contributed by atoms with E-state index in [0.29, 0.717) is 30.4 Å². The molecule has 4 heteroatoms. The smallest absolute Gasteiger partial charge is 0.223 e. The first-order chi connectivity index (χ1) is 8.28. The first kappa shape index (κ1) is 11.5. The van der Waals surface area contributed by atoms with E-state index in [1.54, 1.807) is 24.3 Å². The van der Waals surface area contributed by atoms with Crippen LogP contribution in [-0.2, 0) is 4.79 Å². The van der Waals surface area contributed by atoms with Gasteiger partial charge in [0.05, 0.1) is 24.7 Å². The number of amides is 1. The summed E-state index contributed by atoms with van der Waals surface area (Å²) in [6.45, 7) is 0.366. The zero-order valence-electron chi connectivity index (χ0n) is 9.48. The van der Waals surface area contributed by atoms with Gasteiger partial charge in [0.2, 0.25) is 5.91 Å². The number of nitrogens with one attached hydrogen (secondary N) is 1. The zero-order valence-corrected chi connectivity index (χ0v) is 9.48. The van der Waals surface area contributed by atoms with Crippen LogP contribution in [0.25, 0.3) is 0 Å². The van der Waals surface area contributed by atoms with Crippen molar-refractivity contribution in [2.24, 2.45) is 0 Å². The molecule has 0 heterocycles. The molecule has 1 aromatic carbocycles. The molecule has 1 N–H and O–H groups in total. The summed E-state index contributed by atoms with van der Waals surface area (Å²) >= 11 is 0. The molecular weight excluding hydrogens is 216 g/mol. The average molecular weight is 230 g/mol. The SMILES string of the molecule is N#Cc1ccc(OCCC(=O)NC2CC2)cc1. The molecule has 1 aliphatic carbocycles. The Morgan fingerprint density at radius 3 is 2.71 bits per heavy atom. The molecule has 0 saturated heterocycles. The molecule has 0 unspecified atom stereocenters. The number of carbonyl (C=O) groups is 1. The van der Waals surface area contributed by atoms with E-state index in [1.165, 1.54) is 0 Å². The molecule has 17 heavy (non-hydrogen) atoms. The molecule has 0 spiro atoms. The lowest BCUT2D eigenvalue weighted by Gasteiger charge is -2.06. The second-order valence-corrected chi connectivity index (χ2v) is 4.08. The van der Waals surface area contributed by atoms with Crippen LogP contribution in [0, 0.1) is 11.3 Å². The van der Waals surface area contributed by atoms with Gasteiger partial charge in [-0.05, 0) is 37.1 Å². The highest BCUT2D eigenvalue weighted by Gasteiger charge is 2.22. The highest BCUT2D eigenvalue weighted by molar-refractivity contribution is 5.76. The van der Waals surface area contributed by atoms with Crippen LogP contribution in [-0.4, -0.2) is 18.6 Å². The minimum Gasteiger partial charge on any atom is -0.493 e. The number of nitrogens with zero attached hydrogens (tertiary/aromatic N) is 1. The van der Waals surface area contributed by atoms with Gasteiger partial charge in [0.1, 0.15) is 5.75 Å². The largest absolute Gasteiger partial charge is 0.493 e. The van der Waals surface area contributed by atoms with Crippen LogP contribution >= 0.6 is 0 Å². The Morgan fingerprint density at radius 2 is 2.12 bits per heavy atom. The van der Waals surface area contributed by atoms with E-state index in [9.17, 15) is 4.79 Å². The summed E-state index contributed by atoms with van der Waals surface area (Å²) in [6, 6.07) is 9.29. The van der Waals surface area contributed by atoms with E-state index >= 15 is 0 Å². The van der Waals surface area contributed by atoms with Crippen LogP contribution in [0.5, 0.6) is 5.75 Å². The number of hydrogen-bond donors (Lipinski definition) is 1. The summed E-state index contributed by atoms with van der Waals surface area (Å²) in [5.41, 5.74) is 0.601. The molecule has 1 saturated carbocycles. The molecule has 1 amide bonds. The molecule has 88 valence electrons. The summed E-state index contributed by atoms with van der Waals surface area (Å²) in [6.07, 6.45) is 2.57. The highest BCUT2D eigenvalue weighted by atomic mass is 16.5. The Morgan fingerprint density at radius 1 is 1.41 bits per heavy atom. The van der Waals surface area contributed by atoms with Crippen molar-refractivity contribution < 1.29 is 9.53 Å². The Kier molecular flexibility index (Phi) is 3.61. The molecule has 1 fully saturated rings. The van der Waals surface area contributed by atoms with Gasteiger partial charge in [0, 0.05) is 6.04 Å². The predicted octanol–water partition coefficient (Wildman–Crippen LogP) is 1.61. The summed E-state index contributed by atoms with van der Waals surface area (Å²) < 4.78 is 5.41. The molecular formula is C13H14N2O2. The van der Waals surface area contributed by atoms with Crippen LogP contribution in [0.2, 0.25) is 0 Å². The Bertz CT molecular complexity index is 430. The summed E-state index contributed by atoms with van der Waals surface area (Å²) in [5, 5.41) is 11.5. The minimum atomic E-state index is 0.0427. The van der Waals surface area contributed by atoms with Gasteiger partial charge in [-0.1, -0.05) is 0 Å². The fourth-order valence-electron chi connectivity index (χ4n) is 1.41. The second kappa shape index (κ2) is 5.35. The topological polar surface area (TPSA) is 62.1 Å². The van der Waals surface area contributed by atoms with Gasteiger partial charge in [0.15, 0.2) is 0 Å². The molecule has 1 aliphatic rings. The molecule has 2 rings (SSSR count). The van der Waals surface area contributed by atoms with Crippen molar-refractivity contribution in [2.75, 3.05) is 6.61 Å². The number of hydrogen-bond acceptors (Lipinski definition) is 3. The van der Waals surface area contributed by atoms with Crippen LogP contribution < -0.4 is 10.1 Å². The van der Waals surface area contributed by atoms with Gasteiger partial charge in [0.25, 0.3) is 0 Å². The maximum Gasteiger partial charge on any atom is 0.223 e. The Labute approximate surface area is 100 Å². The lowest BCUT2D eigenvalue weighted by atomic mass is 10.2. The van der Waals surface area contributed by atoms with E-state index in [2.05, 4.69) is 5.32 Å². The summed E-state index contributed by atoms with van der Waals surface area (Å²) in [7, 11) is 0. The van der Waals surface area contributed by atoms with E-state index in [1.807, 2.05) is 6.07 Å². The van der Waals surface area contributed by atoms with Gasteiger partial charge in [-0.3, -0.25) is 4.79 Å². The van der Waals surface area contributed by atoms with E-state index in [0.717, 1.165) is 12.8 Å². The van der Waals surface area contributed by atoms with Crippen LogP contribution in [0.4, 0.5) is 0 Å². The fraction of sp³-hybridized carbons (Fsp3) is 0.385. The van der Waals surface area contributed by atoms with Gasteiger partial charge in [-0.2, -0.15) is 5.26 Å². The number of carbonyl (C=O) groups excluding carboxylic acids is 1. The van der Waals surface area contributed by atoms with Crippen molar-refractivity contribution in [3.63, 3.8) is 0 Å². The predicted molar refractivity (Wildman–Crippen MR) is 62.4 cm³/mol. The standard InChI is InChI=1S/C13H14N2O2/c14-9-10-1-5-12(6-2-10)17-8-7-13(16)15-11-3-4-11/h1-2,5-6,11H,3-4,7-8H2,(H,15,16). The van der Waals surface area contributed by atoms with Crippen molar-refractivity contribution in [1.29, 1.82) is 5.26 Å². The number of nitriles is 1. The molecule has 4 nitrogen and oxygen atoms in total. The minimum absolute atomic E-state index is 0.0427. The fourth-order valence-corrected chi connectivity index (χ4v) is 1.41. The molecule has 1 aromatic rings.